The van der Waals surface area contributed by atoms with Gasteiger partial charge in [-0.15, -0.1) is 0 Å². The summed E-state index contributed by atoms with van der Waals surface area (Å²) in [6, 6.07) is 3.44. The maximum atomic E-state index is 12.8. The van der Waals surface area contributed by atoms with E-state index in [4.69, 9.17) is 4.74 Å². The van der Waals surface area contributed by atoms with Gasteiger partial charge in [0, 0.05) is 0 Å². The van der Waals surface area contributed by atoms with Gasteiger partial charge in [-0.3, -0.25) is 4.79 Å². The van der Waals surface area contributed by atoms with Crippen LogP contribution in [0.2, 0.25) is 0 Å². The van der Waals surface area contributed by atoms with Crippen LogP contribution >= 0.6 is 0 Å². The summed E-state index contributed by atoms with van der Waals surface area (Å²) < 4.78 is 44.5. The number of hydrogen-bond acceptors (Lipinski definition) is 4. The number of ether oxygens (including phenoxy) is 1. The monoisotopic (exact) mass is 317 g/mol. The molecule has 0 heterocycles. The summed E-state index contributed by atoms with van der Waals surface area (Å²) >= 11 is 0. The maximum absolute atomic E-state index is 12.8. The van der Waals surface area contributed by atoms with Gasteiger partial charge in [-0.25, -0.2) is 12.8 Å². The second-order valence-electron chi connectivity index (χ2n) is 5.01. The molecule has 1 aromatic rings. The minimum absolute atomic E-state index is 0.0954. The molecule has 118 valence electrons. The second-order valence-corrected chi connectivity index (χ2v) is 6.72. The standard InChI is InChI=1S/C14H20FNO4S/c1-4-20-14(17)13(9-10(2)3)16-21(18,19)12-7-5-11(15)6-8-12/h5-8,10,13,16H,4,9H2,1-3H3/t13-/m0/s1. The number of carbonyl (C=O) groups excluding carboxylic acids is 1. The van der Waals surface area contributed by atoms with Crippen LogP contribution in [0.25, 0.3) is 0 Å². The minimum atomic E-state index is -3.90. The molecule has 1 atom stereocenters. The molecule has 0 aliphatic carbocycles. The van der Waals surface area contributed by atoms with Crippen molar-refractivity contribution >= 4 is 16.0 Å². The molecule has 1 rings (SSSR count). The third kappa shape index (κ3) is 5.43. The number of hydrogen-bond donors (Lipinski definition) is 1. The van der Waals surface area contributed by atoms with E-state index in [-0.39, 0.29) is 17.4 Å². The first-order valence-corrected chi connectivity index (χ1v) is 8.19. The van der Waals surface area contributed by atoms with Crippen LogP contribution in [-0.2, 0) is 19.6 Å². The number of rotatable bonds is 7. The summed E-state index contributed by atoms with van der Waals surface area (Å²) in [6.07, 6.45) is 0.319. The van der Waals surface area contributed by atoms with Crippen LogP contribution in [0, 0.1) is 11.7 Å². The van der Waals surface area contributed by atoms with Gasteiger partial charge in [-0.1, -0.05) is 13.8 Å². The Labute approximate surface area is 124 Å². The molecule has 0 saturated carbocycles. The van der Waals surface area contributed by atoms with Crippen molar-refractivity contribution in [2.45, 2.75) is 38.1 Å². The van der Waals surface area contributed by atoms with Gasteiger partial charge in [0.25, 0.3) is 0 Å². The predicted molar refractivity (Wildman–Crippen MR) is 76.6 cm³/mol. The second kappa shape index (κ2) is 7.51. The van der Waals surface area contributed by atoms with Crippen LogP contribution in [0.4, 0.5) is 4.39 Å². The zero-order valence-electron chi connectivity index (χ0n) is 12.3. The number of esters is 1. The molecule has 1 aromatic carbocycles. The number of benzene rings is 1. The number of halogens is 1. The summed E-state index contributed by atoms with van der Waals surface area (Å²) in [7, 11) is -3.90. The molecule has 0 aliphatic rings. The number of sulfonamides is 1. The highest BCUT2D eigenvalue weighted by Gasteiger charge is 2.27. The van der Waals surface area contributed by atoms with Crippen LogP contribution in [0.1, 0.15) is 27.2 Å². The van der Waals surface area contributed by atoms with E-state index >= 15 is 0 Å². The van der Waals surface area contributed by atoms with Gasteiger partial charge in [0.05, 0.1) is 11.5 Å². The van der Waals surface area contributed by atoms with Crippen LogP contribution < -0.4 is 4.72 Å². The highest BCUT2D eigenvalue weighted by atomic mass is 32.2. The van der Waals surface area contributed by atoms with Gasteiger partial charge in [0.2, 0.25) is 10.0 Å². The number of nitrogens with one attached hydrogen (secondary N) is 1. The molecule has 0 amide bonds. The van der Waals surface area contributed by atoms with Crippen molar-refractivity contribution in [3.8, 4) is 0 Å². The van der Waals surface area contributed by atoms with Gasteiger partial charge in [-0.2, -0.15) is 4.72 Å². The molecule has 0 saturated heterocycles. The van der Waals surface area contributed by atoms with E-state index in [9.17, 15) is 17.6 Å². The molecular formula is C14H20FNO4S. The van der Waals surface area contributed by atoms with Crippen molar-refractivity contribution in [1.82, 2.24) is 4.72 Å². The molecule has 0 fully saturated rings. The van der Waals surface area contributed by atoms with Gasteiger partial charge in [0.1, 0.15) is 11.9 Å². The smallest absolute Gasteiger partial charge is 0.324 e. The van der Waals surface area contributed by atoms with Crippen molar-refractivity contribution in [3.05, 3.63) is 30.1 Å². The Morgan fingerprint density at radius 1 is 1.29 bits per heavy atom. The van der Waals surface area contributed by atoms with Crippen molar-refractivity contribution in [3.63, 3.8) is 0 Å². The highest BCUT2D eigenvalue weighted by molar-refractivity contribution is 7.89. The summed E-state index contributed by atoms with van der Waals surface area (Å²) in [5.41, 5.74) is 0. The van der Waals surface area contributed by atoms with E-state index in [0.717, 1.165) is 24.3 Å². The van der Waals surface area contributed by atoms with Gasteiger partial charge >= 0.3 is 5.97 Å². The molecule has 0 unspecified atom stereocenters. The van der Waals surface area contributed by atoms with Crippen LogP contribution in [-0.4, -0.2) is 27.0 Å². The molecule has 0 spiro atoms. The predicted octanol–water partition coefficient (Wildman–Crippen LogP) is 2.08. The van der Waals surface area contributed by atoms with E-state index in [1.807, 2.05) is 13.8 Å². The molecule has 0 aliphatic heterocycles. The first kappa shape index (κ1) is 17.6. The molecule has 1 N–H and O–H groups in total. The van der Waals surface area contributed by atoms with Crippen molar-refractivity contribution in [1.29, 1.82) is 0 Å². The van der Waals surface area contributed by atoms with Gasteiger partial charge in [-0.05, 0) is 43.5 Å². The third-order valence-corrected chi connectivity index (χ3v) is 4.19. The fourth-order valence-electron chi connectivity index (χ4n) is 1.78. The zero-order chi connectivity index (χ0) is 16.0. The summed E-state index contributed by atoms with van der Waals surface area (Å²) in [4.78, 5) is 11.7. The van der Waals surface area contributed by atoms with Crippen molar-refractivity contribution in [2.75, 3.05) is 6.61 Å². The summed E-state index contributed by atoms with van der Waals surface area (Å²) in [5, 5.41) is 0. The average Bonchev–Trinajstić information content (AvgIpc) is 2.38. The molecule has 21 heavy (non-hydrogen) atoms. The third-order valence-electron chi connectivity index (χ3n) is 2.70. The number of carbonyl (C=O) groups is 1. The van der Waals surface area contributed by atoms with E-state index in [1.54, 1.807) is 6.92 Å². The van der Waals surface area contributed by atoms with Crippen LogP contribution in [0.5, 0.6) is 0 Å². The zero-order valence-corrected chi connectivity index (χ0v) is 13.1. The lowest BCUT2D eigenvalue weighted by molar-refractivity contribution is -0.145. The van der Waals surface area contributed by atoms with Gasteiger partial charge in [0.15, 0.2) is 0 Å². The summed E-state index contributed by atoms with van der Waals surface area (Å²) in [6.45, 7) is 5.57. The van der Waals surface area contributed by atoms with Crippen LogP contribution in [0.3, 0.4) is 0 Å². The molecule has 0 radical (unpaired) electrons. The Balaban J connectivity index is 2.95. The lowest BCUT2D eigenvalue weighted by Gasteiger charge is -2.19. The topological polar surface area (TPSA) is 72.5 Å². The Morgan fingerprint density at radius 2 is 1.86 bits per heavy atom. The minimum Gasteiger partial charge on any atom is -0.465 e. The quantitative estimate of drug-likeness (QED) is 0.782. The lowest BCUT2D eigenvalue weighted by atomic mass is 10.1. The molecule has 0 aromatic heterocycles. The fourth-order valence-corrected chi connectivity index (χ4v) is 2.97. The summed E-state index contributed by atoms with van der Waals surface area (Å²) in [5.74, 6) is -1.04. The van der Waals surface area contributed by atoms with Gasteiger partial charge < -0.3 is 4.74 Å². The van der Waals surface area contributed by atoms with Crippen LogP contribution in [0.15, 0.2) is 29.2 Å². The maximum Gasteiger partial charge on any atom is 0.324 e. The molecule has 5 nitrogen and oxygen atoms in total. The lowest BCUT2D eigenvalue weighted by Crippen LogP contribution is -2.42. The van der Waals surface area contributed by atoms with E-state index in [1.165, 1.54) is 0 Å². The SMILES string of the molecule is CCOC(=O)[C@H](CC(C)C)NS(=O)(=O)c1ccc(F)cc1. The molecular weight excluding hydrogens is 297 g/mol. The first-order chi connectivity index (χ1) is 9.76. The molecule has 7 heteroatoms. The Morgan fingerprint density at radius 3 is 2.33 bits per heavy atom. The Hall–Kier alpha value is -1.47. The van der Waals surface area contributed by atoms with Crippen molar-refractivity contribution in [2.24, 2.45) is 5.92 Å². The van der Waals surface area contributed by atoms with E-state index in [0.29, 0.717) is 6.42 Å². The first-order valence-electron chi connectivity index (χ1n) is 6.70. The fraction of sp³-hybridized carbons (Fsp3) is 0.500. The highest BCUT2D eigenvalue weighted by Crippen LogP contribution is 2.13. The Kier molecular flexibility index (Phi) is 6.29. The molecule has 0 bridgehead atoms. The van der Waals surface area contributed by atoms with E-state index in [2.05, 4.69) is 4.72 Å². The normalized spacial score (nSPS) is 13.2. The Bertz CT molecular complexity index is 569. The largest absolute Gasteiger partial charge is 0.465 e. The van der Waals surface area contributed by atoms with Crippen molar-refractivity contribution < 1.29 is 22.3 Å². The van der Waals surface area contributed by atoms with E-state index < -0.39 is 27.9 Å². The average molecular weight is 317 g/mol.